The summed E-state index contributed by atoms with van der Waals surface area (Å²) in [5.41, 5.74) is 5.72. The molecule has 5 nitrogen and oxygen atoms in total. The fourth-order valence-corrected chi connectivity index (χ4v) is 4.35. The van der Waals surface area contributed by atoms with Gasteiger partial charge in [0, 0.05) is 49.1 Å². The van der Waals surface area contributed by atoms with Crippen molar-refractivity contribution in [3.05, 3.63) is 75.5 Å². The monoisotopic (exact) mass is 468 g/mol. The first-order valence-electron chi connectivity index (χ1n) is 10.1. The van der Waals surface area contributed by atoms with E-state index in [1.165, 1.54) is 11.1 Å². The van der Waals surface area contributed by atoms with E-state index in [0.717, 1.165) is 34.4 Å². The molecule has 2 aromatic carbocycles. The molecule has 0 bridgehead atoms. The molecule has 0 aromatic heterocycles. The zero-order valence-electron chi connectivity index (χ0n) is 17.9. The predicted octanol–water partition coefficient (Wildman–Crippen LogP) is 4.30. The van der Waals surface area contributed by atoms with Gasteiger partial charge in [0.2, 0.25) is 5.91 Å². The van der Waals surface area contributed by atoms with Gasteiger partial charge in [-0.25, -0.2) is 0 Å². The Morgan fingerprint density at radius 1 is 1.30 bits per heavy atom. The number of carbonyl (C=O) groups is 1. The molecule has 0 radical (unpaired) electrons. The summed E-state index contributed by atoms with van der Waals surface area (Å²) in [6, 6.07) is 14.9. The predicted molar refractivity (Wildman–Crippen MR) is 128 cm³/mol. The van der Waals surface area contributed by atoms with Crippen molar-refractivity contribution in [3.63, 3.8) is 0 Å². The second kappa shape index (κ2) is 9.94. The number of anilines is 1. The lowest BCUT2D eigenvalue weighted by atomic mass is 10.0. The first-order chi connectivity index (χ1) is 14.4. The van der Waals surface area contributed by atoms with Crippen LogP contribution in [-0.4, -0.2) is 43.7 Å². The maximum Gasteiger partial charge on any atom is 0.220 e. The van der Waals surface area contributed by atoms with Gasteiger partial charge in [0.1, 0.15) is 0 Å². The van der Waals surface area contributed by atoms with Crippen LogP contribution in [0.25, 0.3) is 0 Å². The van der Waals surface area contributed by atoms with Gasteiger partial charge in [-0.3, -0.25) is 9.79 Å². The van der Waals surface area contributed by atoms with Gasteiger partial charge >= 0.3 is 0 Å². The number of likely N-dealkylation sites (N-methyl/N-ethyl adjacent to an activating group) is 1. The number of hydrogen-bond donors (Lipinski definition) is 1. The molecule has 1 aliphatic heterocycles. The lowest BCUT2D eigenvalue weighted by Gasteiger charge is -2.32. The second-order valence-electron chi connectivity index (χ2n) is 7.73. The maximum absolute atomic E-state index is 12.6. The van der Waals surface area contributed by atoms with Crippen LogP contribution >= 0.6 is 15.9 Å². The lowest BCUT2D eigenvalue weighted by molar-refractivity contribution is -0.131. The summed E-state index contributed by atoms with van der Waals surface area (Å²) in [6.45, 7) is 9.33. The molecule has 6 heteroatoms. The normalized spacial score (nSPS) is 16.7. The van der Waals surface area contributed by atoms with Crippen molar-refractivity contribution in [2.24, 2.45) is 4.99 Å². The minimum Gasteiger partial charge on any atom is -0.389 e. The van der Waals surface area contributed by atoms with Crippen LogP contribution in [0.1, 0.15) is 23.6 Å². The fraction of sp³-hybridized carbons (Fsp3) is 0.333. The van der Waals surface area contributed by atoms with Crippen molar-refractivity contribution in [2.45, 2.75) is 32.9 Å². The minimum absolute atomic E-state index is 0.0613. The van der Waals surface area contributed by atoms with Crippen LogP contribution in [0.5, 0.6) is 0 Å². The molecule has 3 rings (SSSR count). The Labute approximate surface area is 187 Å². The molecular formula is C24H29BrN4O. The van der Waals surface area contributed by atoms with Gasteiger partial charge in [-0.05, 0) is 49.4 Å². The van der Waals surface area contributed by atoms with E-state index in [0.29, 0.717) is 13.1 Å². The molecule has 1 amide bonds. The molecule has 1 unspecified atom stereocenters. The summed E-state index contributed by atoms with van der Waals surface area (Å²) in [7, 11) is 1.89. The number of benzene rings is 2. The van der Waals surface area contributed by atoms with Gasteiger partial charge < -0.3 is 15.1 Å². The number of halogens is 1. The van der Waals surface area contributed by atoms with E-state index in [-0.39, 0.29) is 11.9 Å². The molecule has 1 N–H and O–H groups in total. The Hall–Kier alpha value is -2.60. The van der Waals surface area contributed by atoms with Crippen molar-refractivity contribution in [1.82, 2.24) is 10.2 Å². The van der Waals surface area contributed by atoms with Gasteiger partial charge in [-0.2, -0.15) is 0 Å². The first-order valence-corrected chi connectivity index (χ1v) is 10.9. The van der Waals surface area contributed by atoms with Crippen molar-refractivity contribution < 1.29 is 4.79 Å². The molecule has 0 fully saturated rings. The molecule has 1 heterocycles. The highest BCUT2D eigenvalue weighted by atomic mass is 79.9. The highest BCUT2D eigenvalue weighted by molar-refractivity contribution is 9.10. The molecule has 2 aromatic rings. The van der Waals surface area contributed by atoms with Crippen LogP contribution in [0.4, 0.5) is 5.69 Å². The Bertz CT molecular complexity index is 939. The van der Waals surface area contributed by atoms with E-state index in [4.69, 9.17) is 0 Å². The number of rotatable bonds is 6. The van der Waals surface area contributed by atoms with E-state index in [2.05, 4.69) is 87.2 Å². The van der Waals surface area contributed by atoms with Gasteiger partial charge in [0.25, 0.3) is 0 Å². The van der Waals surface area contributed by atoms with E-state index in [1.54, 1.807) is 13.1 Å². The quantitative estimate of drug-likeness (QED) is 0.642. The summed E-state index contributed by atoms with van der Waals surface area (Å²) in [6.07, 6.45) is 2.56. The van der Waals surface area contributed by atoms with Crippen LogP contribution in [-0.2, 0) is 17.8 Å². The average molecular weight is 469 g/mol. The van der Waals surface area contributed by atoms with Gasteiger partial charge in [0.15, 0.2) is 0 Å². The standard InChI is InChI=1S/C24H29BrN4O/c1-17-5-7-19(8-6-17)11-23-16-28(15-22(27-4)13-26-3)24-10-9-21(25)12-20(24)14-29(23)18(2)30/h5-10,12-13,23,27H,3,11,14-16H2,1-2,4H3/b22-13-. The summed E-state index contributed by atoms with van der Waals surface area (Å²) in [4.78, 5) is 20.9. The number of aryl methyl sites for hydroxylation is 1. The van der Waals surface area contributed by atoms with Gasteiger partial charge in [-0.1, -0.05) is 45.8 Å². The topological polar surface area (TPSA) is 47.9 Å². The smallest absolute Gasteiger partial charge is 0.220 e. The van der Waals surface area contributed by atoms with Crippen molar-refractivity contribution in [2.75, 3.05) is 25.0 Å². The molecule has 30 heavy (non-hydrogen) atoms. The largest absolute Gasteiger partial charge is 0.389 e. The number of carbonyl (C=O) groups excluding carboxylic acids is 1. The zero-order valence-corrected chi connectivity index (χ0v) is 19.4. The summed E-state index contributed by atoms with van der Waals surface area (Å²) < 4.78 is 1.01. The third-order valence-corrected chi connectivity index (χ3v) is 6.01. The van der Waals surface area contributed by atoms with E-state index < -0.39 is 0 Å². The van der Waals surface area contributed by atoms with Crippen LogP contribution in [0.2, 0.25) is 0 Å². The van der Waals surface area contributed by atoms with E-state index in [9.17, 15) is 4.79 Å². The van der Waals surface area contributed by atoms with Gasteiger partial charge in [-0.15, -0.1) is 0 Å². The average Bonchev–Trinajstić information content (AvgIpc) is 2.86. The van der Waals surface area contributed by atoms with Gasteiger partial charge in [0.05, 0.1) is 12.6 Å². The summed E-state index contributed by atoms with van der Waals surface area (Å²) in [5, 5.41) is 3.21. The second-order valence-corrected chi connectivity index (χ2v) is 8.65. The van der Waals surface area contributed by atoms with Crippen molar-refractivity contribution in [1.29, 1.82) is 0 Å². The Morgan fingerprint density at radius 2 is 2.03 bits per heavy atom. The van der Waals surface area contributed by atoms with Crippen LogP contribution in [0.3, 0.4) is 0 Å². The SMILES string of the molecule is C=N/C=C(/CN1CC(Cc2ccc(C)cc2)N(C(C)=O)Cc2cc(Br)ccc21)NC. The van der Waals surface area contributed by atoms with Crippen LogP contribution < -0.4 is 10.2 Å². The summed E-state index contributed by atoms with van der Waals surface area (Å²) >= 11 is 3.59. The Kier molecular flexibility index (Phi) is 7.32. The Balaban J connectivity index is 2.00. The van der Waals surface area contributed by atoms with Crippen molar-refractivity contribution >= 4 is 34.2 Å². The highest BCUT2D eigenvalue weighted by Gasteiger charge is 2.30. The molecule has 0 spiro atoms. The molecule has 0 saturated heterocycles. The third-order valence-electron chi connectivity index (χ3n) is 5.52. The highest BCUT2D eigenvalue weighted by Crippen LogP contribution is 2.31. The van der Waals surface area contributed by atoms with Crippen LogP contribution in [0, 0.1) is 6.92 Å². The van der Waals surface area contributed by atoms with E-state index >= 15 is 0 Å². The van der Waals surface area contributed by atoms with E-state index in [1.807, 2.05) is 11.9 Å². The Morgan fingerprint density at radius 3 is 2.67 bits per heavy atom. The minimum atomic E-state index is 0.0613. The first kappa shape index (κ1) is 22.1. The number of fused-ring (bicyclic) bond motifs is 1. The lowest BCUT2D eigenvalue weighted by Crippen LogP contribution is -2.45. The molecular weight excluding hydrogens is 440 g/mol. The number of nitrogens with one attached hydrogen (secondary N) is 1. The maximum atomic E-state index is 12.6. The van der Waals surface area contributed by atoms with Crippen molar-refractivity contribution in [3.8, 4) is 0 Å². The molecule has 158 valence electrons. The molecule has 1 aliphatic rings. The number of amides is 1. The fourth-order valence-electron chi connectivity index (χ4n) is 3.94. The molecule has 0 aliphatic carbocycles. The third kappa shape index (κ3) is 5.30. The number of nitrogens with zero attached hydrogens (tertiary/aromatic N) is 3. The summed E-state index contributed by atoms with van der Waals surface area (Å²) in [5.74, 6) is 0.0945. The number of aliphatic imine (C=N–C) groups is 1. The number of hydrogen-bond acceptors (Lipinski definition) is 4. The zero-order chi connectivity index (χ0) is 21.7. The molecule has 1 atom stereocenters. The van der Waals surface area contributed by atoms with Crippen LogP contribution in [0.15, 0.2) is 63.8 Å². The molecule has 0 saturated carbocycles.